The first-order valence-corrected chi connectivity index (χ1v) is 6.24. The van der Waals surface area contributed by atoms with Gasteiger partial charge in [-0.2, -0.15) is 0 Å². The molecule has 0 unspecified atom stereocenters. The second-order valence-corrected chi connectivity index (χ2v) is 4.35. The first-order valence-electron chi connectivity index (χ1n) is 6.24. The Bertz CT molecular complexity index is 441. The number of benzene rings is 1. The van der Waals surface area contributed by atoms with E-state index in [4.69, 9.17) is 4.74 Å². The van der Waals surface area contributed by atoms with Gasteiger partial charge in [0.1, 0.15) is 0 Å². The lowest BCUT2D eigenvalue weighted by molar-refractivity contribution is -0.670. The molecule has 1 saturated heterocycles. The van der Waals surface area contributed by atoms with Crippen molar-refractivity contribution >= 4 is 11.8 Å². The molecule has 2 N–H and O–H groups in total. The number of aromatic carboxylic acids is 1. The molecule has 2 rings (SSSR count). The van der Waals surface area contributed by atoms with Crippen molar-refractivity contribution in [1.29, 1.82) is 0 Å². The summed E-state index contributed by atoms with van der Waals surface area (Å²) in [6, 6.07) is 4.54. The van der Waals surface area contributed by atoms with Gasteiger partial charge in [0, 0.05) is 11.1 Å². The maximum absolute atomic E-state index is 10.9. The van der Waals surface area contributed by atoms with E-state index in [2.05, 4.69) is 5.32 Å². The summed E-state index contributed by atoms with van der Waals surface area (Å²) in [5, 5.41) is 12.8. The third-order valence-electron chi connectivity index (χ3n) is 2.80. The van der Waals surface area contributed by atoms with Gasteiger partial charge in [-0.1, -0.05) is 12.1 Å². The van der Waals surface area contributed by atoms with Crippen LogP contribution in [0.3, 0.4) is 0 Å². The first kappa shape index (κ1) is 15.3. The standard InChI is InChI=1S/C10H10O3.C4H9NO/c1-6-3-4-8(7(2)11)5-9(6)10(12)13;1-3-6-4-2-5-1/h3-5H,1-2H3,(H,12,13);5H,1-4H2. The van der Waals surface area contributed by atoms with Crippen LogP contribution < -0.4 is 10.4 Å². The van der Waals surface area contributed by atoms with E-state index >= 15 is 0 Å². The number of morpholine rings is 1. The molecule has 1 aromatic rings. The van der Waals surface area contributed by atoms with E-state index < -0.39 is 5.97 Å². The van der Waals surface area contributed by atoms with E-state index in [9.17, 15) is 14.7 Å². The third-order valence-corrected chi connectivity index (χ3v) is 2.80. The van der Waals surface area contributed by atoms with Crippen molar-refractivity contribution < 1.29 is 24.7 Å². The van der Waals surface area contributed by atoms with Gasteiger partial charge >= 0.3 is 0 Å². The SMILES string of the molecule is C1COCC[NH2+]1.CC(=O)c1ccc(C)c(C(=O)[O-])c1. The number of rotatable bonds is 2. The molecule has 0 aliphatic carbocycles. The van der Waals surface area contributed by atoms with Crippen LogP contribution in [-0.4, -0.2) is 38.1 Å². The molecule has 1 aromatic carbocycles. The van der Waals surface area contributed by atoms with E-state index in [1.807, 2.05) is 0 Å². The smallest absolute Gasteiger partial charge is 0.159 e. The Hall–Kier alpha value is -1.72. The molecule has 0 saturated carbocycles. The zero-order chi connectivity index (χ0) is 14.3. The Balaban J connectivity index is 0.000000250. The number of ether oxygens (including phenoxy) is 1. The number of ketones is 1. The van der Waals surface area contributed by atoms with Crippen LogP contribution in [0, 0.1) is 6.92 Å². The first-order chi connectivity index (χ1) is 9.02. The van der Waals surface area contributed by atoms with E-state index in [-0.39, 0.29) is 11.3 Å². The molecule has 5 nitrogen and oxygen atoms in total. The van der Waals surface area contributed by atoms with Crippen LogP contribution >= 0.6 is 0 Å². The van der Waals surface area contributed by atoms with Gasteiger partial charge in [0.25, 0.3) is 0 Å². The second-order valence-electron chi connectivity index (χ2n) is 4.35. The maximum Gasteiger partial charge on any atom is 0.159 e. The summed E-state index contributed by atoms with van der Waals surface area (Å²) in [6.45, 7) is 7.25. The van der Waals surface area contributed by atoms with Crippen molar-refractivity contribution in [1.82, 2.24) is 0 Å². The summed E-state index contributed by atoms with van der Waals surface area (Å²) in [4.78, 5) is 21.5. The largest absolute Gasteiger partial charge is 0.545 e. The van der Waals surface area contributed by atoms with E-state index in [0.717, 1.165) is 26.3 Å². The van der Waals surface area contributed by atoms with Crippen LogP contribution in [0.1, 0.15) is 33.2 Å². The van der Waals surface area contributed by atoms with Crippen LogP contribution in [0.2, 0.25) is 0 Å². The van der Waals surface area contributed by atoms with Gasteiger partial charge in [-0.15, -0.1) is 0 Å². The Morgan fingerprint density at radius 2 is 1.89 bits per heavy atom. The number of hydrogen-bond acceptors (Lipinski definition) is 4. The van der Waals surface area contributed by atoms with E-state index in [1.165, 1.54) is 13.0 Å². The van der Waals surface area contributed by atoms with Crippen molar-refractivity contribution in [2.75, 3.05) is 26.3 Å². The number of nitrogens with two attached hydrogens (primary N) is 1. The molecule has 104 valence electrons. The minimum atomic E-state index is -1.25. The fourth-order valence-electron chi connectivity index (χ4n) is 1.64. The normalized spacial score (nSPS) is 14.2. The minimum Gasteiger partial charge on any atom is -0.545 e. The molecule has 0 aromatic heterocycles. The van der Waals surface area contributed by atoms with Crippen molar-refractivity contribution in [2.24, 2.45) is 0 Å². The zero-order valence-corrected chi connectivity index (χ0v) is 11.3. The maximum atomic E-state index is 10.9. The quantitative estimate of drug-likeness (QED) is 0.705. The van der Waals surface area contributed by atoms with E-state index in [0.29, 0.717) is 11.1 Å². The molecule has 5 heteroatoms. The van der Waals surface area contributed by atoms with E-state index in [1.54, 1.807) is 19.1 Å². The summed E-state index contributed by atoms with van der Waals surface area (Å²) >= 11 is 0. The minimum absolute atomic E-state index is 0.0766. The molecular formula is C14H19NO4. The fourth-order valence-corrected chi connectivity index (χ4v) is 1.64. The van der Waals surface area contributed by atoms with Crippen LogP contribution in [0.4, 0.5) is 0 Å². The molecule has 1 fully saturated rings. The highest BCUT2D eigenvalue weighted by Crippen LogP contribution is 2.10. The van der Waals surface area contributed by atoms with Crippen LogP contribution in [-0.2, 0) is 4.74 Å². The summed E-state index contributed by atoms with van der Waals surface area (Å²) in [5.74, 6) is -1.40. The number of aryl methyl sites for hydroxylation is 1. The molecule has 0 bridgehead atoms. The Labute approximate surface area is 112 Å². The predicted molar refractivity (Wildman–Crippen MR) is 68.0 cm³/mol. The Kier molecular flexibility index (Phi) is 6.18. The number of Topliss-reactive ketones (excluding diaryl/α,β-unsaturated/α-hetero) is 1. The van der Waals surface area contributed by atoms with Crippen LogP contribution in [0.5, 0.6) is 0 Å². The van der Waals surface area contributed by atoms with Gasteiger partial charge in [-0.3, -0.25) is 4.79 Å². The predicted octanol–water partition coefficient (Wildman–Crippen LogP) is -0.859. The monoisotopic (exact) mass is 265 g/mol. The molecular weight excluding hydrogens is 246 g/mol. The van der Waals surface area contributed by atoms with Crippen LogP contribution in [0.15, 0.2) is 18.2 Å². The lowest BCUT2D eigenvalue weighted by Gasteiger charge is -2.07. The summed E-state index contributed by atoms with van der Waals surface area (Å²) in [5.41, 5.74) is 1.07. The fraction of sp³-hybridized carbons (Fsp3) is 0.429. The molecule has 0 radical (unpaired) electrons. The van der Waals surface area contributed by atoms with Gasteiger partial charge in [0.15, 0.2) is 5.78 Å². The number of carboxylic acid groups (broad SMARTS) is 1. The summed E-state index contributed by atoms with van der Waals surface area (Å²) < 4.78 is 5.04. The lowest BCUT2D eigenvalue weighted by atomic mass is 10.0. The average molecular weight is 265 g/mol. The van der Waals surface area contributed by atoms with Gasteiger partial charge in [-0.25, -0.2) is 0 Å². The number of carboxylic acids is 1. The zero-order valence-electron chi connectivity index (χ0n) is 11.3. The number of carbonyl (C=O) groups is 2. The van der Waals surface area contributed by atoms with Crippen LogP contribution in [0.25, 0.3) is 0 Å². The molecule has 1 aliphatic rings. The molecule has 19 heavy (non-hydrogen) atoms. The highest BCUT2D eigenvalue weighted by molar-refractivity contribution is 5.97. The number of hydrogen-bond donors (Lipinski definition) is 1. The average Bonchev–Trinajstić information content (AvgIpc) is 2.41. The molecule has 0 amide bonds. The number of quaternary nitrogens is 1. The van der Waals surface area contributed by atoms with Crippen molar-refractivity contribution in [3.05, 3.63) is 34.9 Å². The van der Waals surface area contributed by atoms with Crippen molar-refractivity contribution in [3.63, 3.8) is 0 Å². The highest BCUT2D eigenvalue weighted by atomic mass is 16.5. The van der Waals surface area contributed by atoms with Crippen molar-refractivity contribution in [2.45, 2.75) is 13.8 Å². The lowest BCUT2D eigenvalue weighted by Crippen LogP contribution is -2.87. The topological polar surface area (TPSA) is 83.0 Å². The van der Waals surface area contributed by atoms with Gasteiger partial charge < -0.3 is 20.0 Å². The molecule has 0 spiro atoms. The second kappa shape index (κ2) is 7.66. The molecule has 1 heterocycles. The third kappa shape index (κ3) is 5.19. The Morgan fingerprint density at radius 1 is 1.26 bits per heavy atom. The van der Waals surface area contributed by atoms with Gasteiger partial charge in [0.05, 0.1) is 32.3 Å². The number of carbonyl (C=O) groups excluding carboxylic acids is 2. The van der Waals surface area contributed by atoms with Crippen molar-refractivity contribution in [3.8, 4) is 0 Å². The summed E-state index contributed by atoms with van der Waals surface area (Å²) in [6.07, 6.45) is 0. The van der Waals surface area contributed by atoms with Gasteiger partial charge in [0.2, 0.25) is 0 Å². The highest BCUT2D eigenvalue weighted by Gasteiger charge is 2.03. The summed E-state index contributed by atoms with van der Waals surface area (Å²) in [7, 11) is 0. The molecule has 1 aliphatic heterocycles. The Morgan fingerprint density at radius 3 is 2.26 bits per heavy atom. The van der Waals surface area contributed by atoms with Gasteiger partial charge in [-0.05, 0) is 25.5 Å². The molecule has 0 atom stereocenters.